The molecule has 3 aromatic heterocycles. The van der Waals surface area contributed by atoms with Gasteiger partial charge in [-0.2, -0.15) is 0 Å². The lowest BCUT2D eigenvalue weighted by Crippen LogP contribution is -2.32. The number of aromatic carboxylic acids is 1. The maximum absolute atomic E-state index is 12.6. The van der Waals surface area contributed by atoms with Gasteiger partial charge in [0.25, 0.3) is 0 Å². The molecule has 0 fully saturated rings. The SMILES string of the molecule is CC(C)(C)[C@@H]1Cc2c(cc(-c3cnco3)c3[nH]ccc23)-c2cc(=O)c(C(=O)O)cn21. The molecule has 0 aliphatic carbocycles. The maximum Gasteiger partial charge on any atom is 0.341 e. The molecule has 5 rings (SSSR count). The number of nitrogens with one attached hydrogen (secondary N) is 1. The molecule has 0 saturated heterocycles. The van der Waals surface area contributed by atoms with Gasteiger partial charge < -0.3 is 19.1 Å². The number of aromatic amines is 1. The Hall–Kier alpha value is -3.61. The molecule has 0 amide bonds. The number of H-pyrrole nitrogens is 1. The van der Waals surface area contributed by atoms with E-state index in [0.29, 0.717) is 5.76 Å². The highest BCUT2D eigenvalue weighted by atomic mass is 16.4. The molecule has 4 heterocycles. The van der Waals surface area contributed by atoms with Gasteiger partial charge in [0.05, 0.1) is 17.4 Å². The number of hydrogen-bond donors (Lipinski definition) is 2. The Kier molecular flexibility index (Phi) is 3.80. The summed E-state index contributed by atoms with van der Waals surface area (Å²) in [7, 11) is 0. The van der Waals surface area contributed by atoms with Gasteiger partial charge in [0.1, 0.15) is 5.56 Å². The highest BCUT2D eigenvalue weighted by Gasteiger charge is 2.35. The number of hydrogen-bond acceptors (Lipinski definition) is 4. The summed E-state index contributed by atoms with van der Waals surface area (Å²) in [5, 5.41) is 10.6. The number of rotatable bonds is 2. The summed E-state index contributed by atoms with van der Waals surface area (Å²) in [5.74, 6) is -0.587. The zero-order chi connectivity index (χ0) is 21.2. The number of carbonyl (C=O) groups is 1. The molecule has 1 aromatic carbocycles. The standard InChI is InChI=1S/C23H21N3O4/c1-23(2,3)20-7-13-12-4-5-25-21(12)15(19-9-24-11-30-19)6-14(13)17-8-18(27)16(22(28)29)10-26(17)20/h4-6,8-11,20,25H,7H2,1-3H3,(H,28,29)/t20-/m0/s1. The van der Waals surface area contributed by atoms with Gasteiger partial charge in [-0.05, 0) is 29.5 Å². The molecule has 7 nitrogen and oxygen atoms in total. The largest absolute Gasteiger partial charge is 0.477 e. The lowest BCUT2D eigenvalue weighted by atomic mass is 9.77. The number of aromatic nitrogens is 3. The van der Waals surface area contributed by atoms with Gasteiger partial charge in [-0.25, -0.2) is 9.78 Å². The monoisotopic (exact) mass is 403 g/mol. The molecule has 152 valence electrons. The van der Waals surface area contributed by atoms with Crippen molar-refractivity contribution in [1.82, 2.24) is 14.5 Å². The number of benzene rings is 1. The topological polar surface area (TPSA) is 101 Å². The molecule has 0 unspecified atom stereocenters. The van der Waals surface area contributed by atoms with E-state index in [1.54, 1.807) is 6.20 Å². The average molecular weight is 403 g/mol. The summed E-state index contributed by atoms with van der Waals surface area (Å²) in [5.41, 5.74) is 3.70. The Labute approximate surface area is 172 Å². The van der Waals surface area contributed by atoms with Crippen molar-refractivity contribution in [1.29, 1.82) is 0 Å². The lowest BCUT2D eigenvalue weighted by molar-refractivity contribution is 0.0693. The molecule has 0 spiro atoms. The minimum absolute atomic E-state index is 0.00655. The second-order valence-corrected chi connectivity index (χ2v) is 8.82. The van der Waals surface area contributed by atoms with Gasteiger partial charge in [0, 0.05) is 41.0 Å². The third-order valence-electron chi connectivity index (χ3n) is 5.97. The van der Waals surface area contributed by atoms with Gasteiger partial charge in [-0.15, -0.1) is 0 Å². The van der Waals surface area contributed by atoms with Crippen molar-refractivity contribution >= 4 is 16.9 Å². The quantitative estimate of drug-likeness (QED) is 0.513. The van der Waals surface area contributed by atoms with Crippen LogP contribution in [-0.4, -0.2) is 25.6 Å². The van der Waals surface area contributed by atoms with Crippen LogP contribution < -0.4 is 5.43 Å². The third kappa shape index (κ3) is 2.62. The smallest absolute Gasteiger partial charge is 0.341 e. The minimum atomic E-state index is -1.21. The normalized spacial score (nSPS) is 15.8. The first kappa shape index (κ1) is 18.4. The van der Waals surface area contributed by atoms with Gasteiger partial charge in [0.2, 0.25) is 0 Å². The first-order valence-electron chi connectivity index (χ1n) is 9.77. The summed E-state index contributed by atoms with van der Waals surface area (Å²) in [6.07, 6.45) is 7.15. The average Bonchev–Trinajstić information content (AvgIpc) is 3.37. The number of nitrogens with zero attached hydrogens (tertiary/aromatic N) is 2. The van der Waals surface area contributed by atoms with Crippen LogP contribution >= 0.6 is 0 Å². The maximum atomic E-state index is 12.6. The molecule has 0 saturated carbocycles. The molecule has 1 atom stereocenters. The lowest BCUT2D eigenvalue weighted by Gasteiger charge is -2.39. The van der Waals surface area contributed by atoms with Crippen molar-refractivity contribution in [2.24, 2.45) is 5.41 Å². The highest BCUT2D eigenvalue weighted by molar-refractivity contribution is 6.00. The summed E-state index contributed by atoms with van der Waals surface area (Å²) < 4.78 is 7.50. The van der Waals surface area contributed by atoms with E-state index >= 15 is 0 Å². The molecule has 1 aliphatic rings. The van der Waals surface area contributed by atoms with Gasteiger partial charge in [0.15, 0.2) is 17.6 Å². The zero-order valence-electron chi connectivity index (χ0n) is 16.9. The number of oxazole rings is 1. The molecule has 7 heteroatoms. The molecule has 4 aromatic rings. The van der Waals surface area contributed by atoms with Crippen molar-refractivity contribution in [3.8, 4) is 22.6 Å². The van der Waals surface area contributed by atoms with Crippen LogP contribution in [0.4, 0.5) is 0 Å². The summed E-state index contributed by atoms with van der Waals surface area (Å²) >= 11 is 0. The Morgan fingerprint density at radius 2 is 2.10 bits per heavy atom. The first-order valence-corrected chi connectivity index (χ1v) is 9.77. The van der Waals surface area contributed by atoms with Crippen LogP contribution in [0, 0.1) is 5.41 Å². The van der Waals surface area contributed by atoms with Crippen molar-refractivity contribution < 1.29 is 14.3 Å². The molecule has 2 N–H and O–H groups in total. The predicted octanol–water partition coefficient (Wildman–Crippen LogP) is 4.49. The number of carboxylic acid groups (broad SMARTS) is 1. The van der Waals surface area contributed by atoms with Gasteiger partial charge >= 0.3 is 5.97 Å². The van der Waals surface area contributed by atoms with E-state index < -0.39 is 11.4 Å². The summed E-state index contributed by atoms with van der Waals surface area (Å²) in [6, 6.07) is 5.47. The van der Waals surface area contributed by atoms with Crippen LogP contribution in [0.2, 0.25) is 0 Å². The molecular weight excluding hydrogens is 382 g/mol. The second kappa shape index (κ2) is 6.19. The minimum Gasteiger partial charge on any atom is -0.477 e. The van der Waals surface area contributed by atoms with E-state index in [2.05, 4.69) is 30.7 Å². The number of pyridine rings is 1. The first-order chi connectivity index (χ1) is 14.3. The number of carboxylic acids is 1. The predicted molar refractivity (Wildman–Crippen MR) is 113 cm³/mol. The second-order valence-electron chi connectivity index (χ2n) is 8.82. The number of fused-ring (bicyclic) bond motifs is 5. The van der Waals surface area contributed by atoms with Crippen molar-refractivity contribution in [3.63, 3.8) is 0 Å². The van der Waals surface area contributed by atoms with E-state index in [1.165, 1.54) is 18.7 Å². The van der Waals surface area contributed by atoms with Crippen molar-refractivity contribution in [2.45, 2.75) is 33.2 Å². The van der Waals surface area contributed by atoms with E-state index in [1.807, 2.05) is 22.9 Å². The highest BCUT2D eigenvalue weighted by Crippen LogP contribution is 2.46. The molecule has 0 radical (unpaired) electrons. The fourth-order valence-electron chi connectivity index (χ4n) is 4.48. The van der Waals surface area contributed by atoms with E-state index in [9.17, 15) is 14.7 Å². The van der Waals surface area contributed by atoms with Crippen LogP contribution in [-0.2, 0) is 6.42 Å². The fraction of sp³-hybridized carbons (Fsp3) is 0.261. The molecule has 1 aliphatic heterocycles. The van der Waals surface area contributed by atoms with Crippen LogP contribution in [0.5, 0.6) is 0 Å². The van der Waals surface area contributed by atoms with Gasteiger partial charge in [-0.1, -0.05) is 20.8 Å². The van der Waals surface area contributed by atoms with E-state index in [-0.39, 0.29) is 17.0 Å². The van der Waals surface area contributed by atoms with Crippen LogP contribution in [0.15, 0.2) is 52.4 Å². The molecule has 30 heavy (non-hydrogen) atoms. The molecule has 0 bridgehead atoms. The summed E-state index contributed by atoms with van der Waals surface area (Å²) in [6.45, 7) is 6.38. The Balaban J connectivity index is 1.88. The Bertz CT molecular complexity index is 1350. The molecular formula is C23H21N3O4. The van der Waals surface area contributed by atoms with Crippen LogP contribution in [0.25, 0.3) is 33.5 Å². The fourth-order valence-corrected chi connectivity index (χ4v) is 4.48. The summed E-state index contributed by atoms with van der Waals surface area (Å²) in [4.78, 5) is 31.6. The Morgan fingerprint density at radius 3 is 2.77 bits per heavy atom. The van der Waals surface area contributed by atoms with Crippen molar-refractivity contribution in [2.75, 3.05) is 0 Å². The zero-order valence-corrected chi connectivity index (χ0v) is 16.9. The van der Waals surface area contributed by atoms with Crippen molar-refractivity contribution in [3.05, 3.63) is 64.5 Å². The van der Waals surface area contributed by atoms with Crippen LogP contribution in [0.1, 0.15) is 42.7 Å². The van der Waals surface area contributed by atoms with E-state index in [0.717, 1.165) is 39.7 Å². The van der Waals surface area contributed by atoms with E-state index in [4.69, 9.17) is 4.42 Å². The van der Waals surface area contributed by atoms with Crippen LogP contribution in [0.3, 0.4) is 0 Å². The third-order valence-corrected chi connectivity index (χ3v) is 5.97. The Morgan fingerprint density at radius 1 is 1.30 bits per heavy atom. The van der Waals surface area contributed by atoms with Gasteiger partial charge in [-0.3, -0.25) is 4.79 Å².